The number of rotatable bonds is 3. The maximum Gasteiger partial charge on any atom is 0.295 e. The molecule has 3 rings (SSSR count). The second-order valence-corrected chi connectivity index (χ2v) is 5.76. The Balaban J connectivity index is 1.79. The normalized spacial score (nSPS) is 10.6. The number of hydrogen-bond donors (Lipinski definition) is 1. The Kier molecular flexibility index (Phi) is 4.12. The van der Waals surface area contributed by atoms with Gasteiger partial charge >= 0.3 is 0 Å². The van der Waals surface area contributed by atoms with E-state index in [1.165, 1.54) is 11.0 Å². The number of carbonyl (C=O) groups excluding carboxylic acids is 1. The third-order valence-corrected chi connectivity index (χ3v) is 3.52. The fourth-order valence-electron chi connectivity index (χ4n) is 2.32. The lowest BCUT2D eigenvalue weighted by Gasteiger charge is -2.05. The average Bonchev–Trinajstić information content (AvgIpc) is 2.97. The van der Waals surface area contributed by atoms with Crippen LogP contribution in [-0.2, 0) is 0 Å². The quantitative estimate of drug-likeness (QED) is 0.796. The van der Waals surface area contributed by atoms with Crippen LogP contribution in [0.25, 0.3) is 5.69 Å². The molecule has 0 bridgehead atoms. The highest BCUT2D eigenvalue weighted by Crippen LogP contribution is 2.15. The first-order valence-corrected chi connectivity index (χ1v) is 7.46. The summed E-state index contributed by atoms with van der Waals surface area (Å²) in [7, 11) is 0. The molecule has 1 N–H and O–H groups in total. The summed E-state index contributed by atoms with van der Waals surface area (Å²) in [6, 6.07) is 13.0. The highest BCUT2D eigenvalue weighted by atomic mass is 35.5. The molecule has 116 valence electrons. The van der Waals surface area contributed by atoms with Gasteiger partial charge in [0.1, 0.15) is 6.33 Å². The SMILES string of the molecule is Cc1cc(C)cc(NC(=O)c2ncn(-c3ccc(Cl)cc3)n2)c1. The monoisotopic (exact) mass is 326 g/mol. The van der Waals surface area contributed by atoms with Crippen molar-refractivity contribution in [2.45, 2.75) is 13.8 Å². The van der Waals surface area contributed by atoms with Crippen molar-refractivity contribution in [2.24, 2.45) is 0 Å². The van der Waals surface area contributed by atoms with Crippen molar-refractivity contribution in [3.63, 3.8) is 0 Å². The number of benzene rings is 2. The molecule has 0 fully saturated rings. The number of carbonyl (C=O) groups is 1. The van der Waals surface area contributed by atoms with Gasteiger partial charge in [-0.05, 0) is 61.4 Å². The van der Waals surface area contributed by atoms with Crippen LogP contribution in [0.1, 0.15) is 21.7 Å². The largest absolute Gasteiger partial charge is 0.319 e. The molecule has 0 saturated heterocycles. The Morgan fingerprint density at radius 1 is 1.09 bits per heavy atom. The smallest absolute Gasteiger partial charge is 0.295 e. The van der Waals surface area contributed by atoms with Gasteiger partial charge in [-0.1, -0.05) is 17.7 Å². The number of amides is 1. The molecule has 6 heteroatoms. The van der Waals surface area contributed by atoms with E-state index < -0.39 is 0 Å². The van der Waals surface area contributed by atoms with Crippen LogP contribution >= 0.6 is 11.6 Å². The van der Waals surface area contributed by atoms with Crippen molar-refractivity contribution in [1.29, 1.82) is 0 Å². The van der Waals surface area contributed by atoms with Gasteiger partial charge in [0.25, 0.3) is 5.91 Å². The van der Waals surface area contributed by atoms with E-state index in [9.17, 15) is 4.79 Å². The standard InChI is InChI=1S/C17H15ClN4O/c1-11-7-12(2)9-14(8-11)20-17(23)16-19-10-22(21-16)15-5-3-13(18)4-6-15/h3-10H,1-2H3,(H,20,23). The summed E-state index contributed by atoms with van der Waals surface area (Å²) in [6.07, 6.45) is 1.50. The summed E-state index contributed by atoms with van der Waals surface area (Å²) >= 11 is 5.86. The van der Waals surface area contributed by atoms with Crippen molar-refractivity contribution < 1.29 is 4.79 Å². The second-order valence-electron chi connectivity index (χ2n) is 5.32. The Hall–Kier alpha value is -2.66. The first-order chi connectivity index (χ1) is 11.0. The molecule has 0 radical (unpaired) electrons. The van der Waals surface area contributed by atoms with Crippen LogP contribution in [-0.4, -0.2) is 20.7 Å². The molecule has 0 aliphatic heterocycles. The van der Waals surface area contributed by atoms with Gasteiger partial charge in [0, 0.05) is 10.7 Å². The number of nitrogens with zero attached hydrogens (tertiary/aromatic N) is 3. The number of halogens is 1. The van der Waals surface area contributed by atoms with Crippen molar-refractivity contribution in [3.05, 3.63) is 70.8 Å². The predicted molar refractivity (Wildman–Crippen MR) is 90.2 cm³/mol. The molecule has 0 spiro atoms. The molecule has 0 saturated carbocycles. The van der Waals surface area contributed by atoms with Crippen LogP contribution in [0.15, 0.2) is 48.8 Å². The summed E-state index contributed by atoms with van der Waals surface area (Å²) in [5, 5.41) is 7.66. The molecular weight excluding hydrogens is 312 g/mol. The molecule has 3 aromatic rings. The summed E-state index contributed by atoms with van der Waals surface area (Å²) in [4.78, 5) is 16.3. The summed E-state index contributed by atoms with van der Waals surface area (Å²) in [5.41, 5.74) is 3.68. The molecule has 0 aliphatic rings. The van der Waals surface area contributed by atoms with Crippen LogP contribution in [0.3, 0.4) is 0 Å². The zero-order valence-corrected chi connectivity index (χ0v) is 13.5. The van der Waals surface area contributed by atoms with E-state index >= 15 is 0 Å². The lowest BCUT2D eigenvalue weighted by atomic mass is 10.1. The van der Waals surface area contributed by atoms with Crippen LogP contribution < -0.4 is 5.32 Å². The van der Waals surface area contributed by atoms with E-state index in [4.69, 9.17) is 11.6 Å². The second kappa shape index (κ2) is 6.22. The van der Waals surface area contributed by atoms with E-state index in [1.54, 1.807) is 12.1 Å². The van der Waals surface area contributed by atoms with Crippen molar-refractivity contribution in [3.8, 4) is 5.69 Å². The minimum absolute atomic E-state index is 0.110. The minimum Gasteiger partial charge on any atom is -0.319 e. The summed E-state index contributed by atoms with van der Waals surface area (Å²) < 4.78 is 1.53. The maximum absolute atomic E-state index is 12.3. The van der Waals surface area contributed by atoms with Crippen LogP contribution in [0.5, 0.6) is 0 Å². The third kappa shape index (κ3) is 3.57. The molecular formula is C17H15ClN4O. The highest BCUT2D eigenvalue weighted by molar-refractivity contribution is 6.30. The maximum atomic E-state index is 12.3. The van der Waals surface area contributed by atoms with E-state index in [0.29, 0.717) is 5.02 Å². The first kappa shape index (κ1) is 15.2. The lowest BCUT2D eigenvalue weighted by molar-refractivity contribution is 0.101. The van der Waals surface area contributed by atoms with E-state index in [1.807, 2.05) is 44.2 Å². The Labute approximate surface area is 138 Å². The number of aromatic nitrogens is 3. The molecule has 1 aromatic heterocycles. The molecule has 0 aliphatic carbocycles. The van der Waals surface area contributed by atoms with Crippen LogP contribution in [0.4, 0.5) is 5.69 Å². The van der Waals surface area contributed by atoms with Crippen molar-refractivity contribution >= 4 is 23.2 Å². The summed E-state index contributed by atoms with van der Waals surface area (Å²) in [5.74, 6) is -0.234. The number of hydrogen-bond acceptors (Lipinski definition) is 3. The van der Waals surface area contributed by atoms with Gasteiger partial charge in [-0.15, -0.1) is 5.10 Å². The van der Waals surface area contributed by atoms with Gasteiger partial charge in [-0.25, -0.2) is 9.67 Å². The van der Waals surface area contributed by atoms with Gasteiger partial charge in [0.05, 0.1) is 5.69 Å². The van der Waals surface area contributed by atoms with E-state index in [0.717, 1.165) is 22.5 Å². The van der Waals surface area contributed by atoms with Gasteiger partial charge in [-0.3, -0.25) is 4.79 Å². The molecule has 5 nitrogen and oxygen atoms in total. The van der Waals surface area contributed by atoms with Gasteiger partial charge < -0.3 is 5.32 Å². The Morgan fingerprint density at radius 2 is 1.74 bits per heavy atom. The van der Waals surface area contributed by atoms with Gasteiger partial charge in [-0.2, -0.15) is 0 Å². The molecule has 1 heterocycles. The highest BCUT2D eigenvalue weighted by Gasteiger charge is 2.12. The molecule has 1 amide bonds. The van der Waals surface area contributed by atoms with Gasteiger partial charge in [0.2, 0.25) is 5.82 Å². The van der Waals surface area contributed by atoms with Crippen molar-refractivity contribution in [2.75, 3.05) is 5.32 Å². The zero-order chi connectivity index (χ0) is 16.4. The predicted octanol–water partition coefficient (Wildman–Crippen LogP) is 3.79. The first-order valence-electron chi connectivity index (χ1n) is 7.08. The molecule has 2 aromatic carbocycles. The molecule has 0 atom stereocenters. The summed E-state index contributed by atoms with van der Waals surface area (Å²) in [6.45, 7) is 3.96. The average molecular weight is 327 g/mol. The third-order valence-electron chi connectivity index (χ3n) is 3.27. The fourth-order valence-corrected chi connectivity index (χ4v) is 2.45. The zero-order valence-electron chi connectivity index (χ0n) is 12.7. The topological polar surface area (TPSA) is 59.8 Å². The minimum atomic E-state index is -0.345. The van der Waals surface area contributed by atoms with Crippen LogP contribution in [0, 0.1) is 13.8 Å². The number of anilines is 1. The molecule has 23 heavy (non-hydrogen) atoms. The van der Waals surface area contributed by atoms with E-state index in [2.05, 4.69) is 15.4 Å². The fraction of sp³-hybridized carbons (Fsp3) is 0.118. The Bertz CT molecular complexity index is 835. The van der Waals surface area contributed by atoms with Crippen LogP contribution in [0.2, 0.25) is 5.02 Å². The lowest BCUT2D eigenvalue weighted by Crippen LogP contribution is -2.14. The van der Waals surface area contributed by atoms with Crippen molar-refractivity contribution in [1.82, 2.24) is 14.8 Å². The Morgan fingerprint density at radius 3 is 2.39 bits per heavy atom. The van der Waals surface area contributed by atoms with E-state index in [-0.39, 0.29) is 11.7 Å². The number of nitrogens with one attached hydrogen (secondary N) is 1. The number of aryl methyl sites for hydroxylation is 2. The van der Waals surface area contributed by atoms with Gasteiger partial charge in [0.15, 0.2) is 0 Å². The molecule has 0 unspecified atom stereocenters.